The van der Waals surface area contributed by atoms with Crippen molar-refractivity contribution in [2.24, 2.45) is 0 Å². The molecule has 0 spiro atoms. The highest BCUT2D eigenvalue weighted by Gasteiger charge is 2.10. The van der Waals surface area contributed by atoms with Gasteiger partial charge >= 0.3 is 0 Å². The number of nitrogens with one attached hydrogen (secondary N) is 1. The molecule has 2 rings (SSSR count). The highest BCUT2D eigenvalue weighted by Crippen LogP contribution is 2.25. The molecule has 1 aromatic carbocycles. The summed E-state index contributed by atoms with van der Waals surface area (Å²) in [5.74, 6) is 1.66. The van der Waals surface area contributed by atoms with Crippen LogP contribution in [0.15, 0.2) is 24.4 Å². The number of hydrogen-bond donors (Lipinski definition) is 1. The predicted octanol–water partition coefficient (Wildman–Crippen LogP) is 4.77. The lowest BCUT2D eigenvalue weighted by Crippen LogP contribution is -2.26. The minimum atomic E-state index is 0.662. The number of nitrogens with zero attached hydrogens (tertiary/aromatic N) is 3. The van der Waals surface area contributed by atoms with Crippen molar-refractivity contribution >= 4 is 17.5 Å². The molecule has 0 aliphatic carbocycles. The first kappa shape index (κ1) is 17.3. The SMILES string of the molecule is CCCN(CCC)c1ccnc(Nc2c(C)cc(C)cc2C)n1. The molecule has 1 heterocycles. The van der Waals surface area contributed by atoms with Crippen molar-refractivity contribution in [3.05, 3.63) is 41.1 Å². The zero-order valence-electron chi connectivity index (χ0n) is 15.0. The van der Waals surface area contributed by atoms with Crippen molar-refractivity contribution < 1.29 is 0 Å². The molecule has 124 valence electrons. The number of aryl methyl sites for hydroxylation is 3. The van der Waals surface area contributed by atoms with Crippen LogP contribution in [0, 0.1) is 20.8 Å². The summed E-state index contributed by atoms with van der Waals surface area (Å²) in [5.41, 5.74) is 4.81. The highest BCUT2D eigenvalue weighted by atomic mass is 15.2. The van der Waals surface area contributed by atoms with Gasteiger partial charge < -0.3 is 10.2 Å². The molecule has 0 saturated heterocycles. The van der Waals surface area contributed by atoms with Crippen LogP contribution in [0.3, 0.4) is 0 Å². The summed E-state index contributed by atoms with van der Waals surface area (Å²) in [4.78, 5) is 11.4. The fraction of sp³-hybridized carbons (Fsp3) is 0.474. The third-order valence-electron chi connectivity index (χ3n) is 3.87. The van der Waals surface area contributed by atoms with E-state index in [9.17, 15) is 0 Å². The maximum atomic E-state index is 4.71. The van der Waals surface area contributed by atoms with E-state index in [1.165, 1.54) is 16.7 Å². The lowest BCUT2D eigenvalue weighted by atomic mass is 10.1. The van der Waals surface area contributed by atoms with Crippen molar-refractivity contribution in [1.29, 1.82) is 0 Å². The van der Waals surface area contributed by atoms with E-state index >= 15 is 0 Å². The lowest BCUT2D eigenvalue weighted by Gasteiger charge is -2.23. The van der Waals surface area contributed by atoms with E-state index < -0.39 is 0 Å². The van der Waals surface area contributed by atoms with Gasteiger partial charge in [-0.05, 0) is 50.8 Å². The molecular weight excluding hydrogens is 284 g/mol. The zero-order chi connectivity index (χ0) is 16.8. The molecule has 4 heteroatoms. The van der Waals surface area contributed by atoms with E-state index in [-0.39, 0.29) is 0 Å². The van der Waals surface area contributed by atoms with Gasteiger partial charge in [0.05, 0.1) is 0 Å². The van der Waals surface area contributed by atoms with E-state index in [1.54, 1.807) is 0 Å². The Morgan fingerprint density at radius 2 is 1.61 bits per heavy atom. The fourth-order valence-electron chi connectivity index (χ4n) is 2.96. The summed E-state index contributed by atoms with van der Waals surface area (Å²) in [6, 6.07) is 6.35. The standard InChI is InChI=1S/C19H28N4/c1-6-10-23(11-7-2)17-8-9-20-19(21-17)22-18-15(4)12-14(3)13-16(18)5/h8-9,12-13H,6-7,10-11H2,1-5H3,(H,20,21,22). The van der Waals surface area contributed by atoms with E-state index in [1.807, 2.05) is 12.3 Å². The molecule has 1 N–H and O–H groups in total. The number of benzene rings is 1. The van der Waals surface area contributed by atoms with Crippen LogP contribution < -0.4 is 10.2 Å². The van der Waals surface area contributed by atoms with Crippen LogP contribution in [-0.2, 0) is 0 Å². The van der Waals surface area contributed by atoms with Crippen molar-refractivity contribution in [2.45, 2.75) is 47.5 Å². The number of anilines is 3. The van der Waals surface area contributed by atoms with Crippen molar-refractivity contribution in [3.8, 4) is 0 Å². The van der Waals surface area contributed by atoms with Crippen LogP contribution >= 0.6 is 0 Å². The van der Waals surface area contributed by atoms with Crippen molar-refractivity contribution in [3.63, 3.8) is 0 Å². The van der Waals surface area contributed by atoms with Gasteiger partial charge in [-0.3, -0.25) is 0 Å². The Balaban J connectivity index is 2.26. The predicted molar refractivity (Wildman–Crippen MR) is 98.8 cm³/mol. The molecule has 0 radical (unpaired) electrons. The van der Waals surface area contributed by atoms with Gasteiger partial charge in [0.25, 0.3) is 0 Å². The third kappa shape index (κ3) is 4.44. The molecule has 0 aliphatic heterocycles. The molecule has 0 aliphatic rings. The Kier molecular flexibility index (Phi) is 5.97. The maximum absolute atomic E-state index is 4.71. The Morgan fingerprint density at radius 1 is 1.00 bits per heavy atom. The smallest absolute Gasteiger partial charge is 0.229 e. The summed E-state index contributed by atoms with van der Waals surface area (Å²) >= 11 is 0. The molecule has 0 atom stereocenters. The van der Waals surface area contributed by atoms with Gasteiger partial charge in [-0.15, -0.1) is 0 Å². The molecule has 0 unspecified atom stereocenters. The largest absolute Gasteiger partial charge is 0.356 e. The van der Waals surface area contributed by atoms with Crippen molar-refractivity contribution in [2.75, 3.05) is 23.3 Å². The van der Waals surface area contributed by atoms with Crippen LogP contribution in [0.1, 0.15) is 43.4 Å². The molecular formula is C19H28N4. The minimum Gasteiger partial charge on any atom is -0.356 e. The second kappa shape index (κ2) is 7.95. The van der Waals surface area contributed by atoms with Gasteiger partial charge in [0.15, 0.2) is 0 Å². The summed E-state index contributed by atoms with van der Waals surface area (Å²) in [6.07, 6.45) is 4.06. The molecule has 1 aromatic heterocycles. The summed E-state index contributed by atoms with van der Waals surface area (Å²) < 4.78 is 0. The van der Waals surface area contributed by atoms with Gasteiger partial charge in [0.1, 0.15) is 5.82 Å². The van der Waals surface area contributed by atoms with Crippen LogP contribution in [0.4, 0.5) is 17.5 Å². The number of aromatic nitrogens is 2. The second-order valence-electron chi connectivity index (χ2n) is 6.12. The second-order valence-corrected chi connectivity index (χ2v) is 6.12. The van der Waals surface area contributed by atoms with Crippen LogP contribution in [0.25, 0.3) is 0 Å². The van der Waals surface area contributed by atoms with Gasteiger partial charge in [-0.1, -0.05) is 31.5 Å². The molecule has 0 saturated carbocycles. The van der Waals surface area contributed by atoms with E-state index in [4.69, 9.17) is 4.98 Å². The van der Waals surface area contributed by atoms with Gasteiger partial charge in [0, 0.05) is 25.0 Å². The van der Waals surface area contributed by atoms with Crippen molar-refractivity contribution in [1.82, 2.24) is 9.97 Å². The van der Waals surface area contributed by atoms with Crippen LogP contribution in [0.2, 0.25) is 0 Å². The Hall–Kier alpha value is -2.10. The molecule has 0 amide bonds. The summed E-state index contributed by atoms with van der Waals surface area (Å²) in [7, 11) is 0. The van der Waals surface area contributed by atoms with E-state index in [0.29, 0.717) is 5.95 Å². The molecule has 2 aromatic rings. The van der Waals surface area contributed by atoms with Gasteiger partial charge in [-0.2, -0.15) is 4.98 Å². The van der Waals surface area contributed by atoms with Gasteiger partial charge in [-0.25, -0.2) is 4.98 Å². The lowest BCUT2D eigenvalue weighted by molar-refractivity contribution is 0.733. The first-order valence-electron chi connectivity index (χ1n) is 8.48. The Morgan fingerprint density at radius 3 is 2.17 bits per heavy atom. The third-order valence-corrected chi connectivity index (χ3v) is 3.87. The summed E-state index contributed by atoms with van der Waals surface area (Å²) in [5, 5.41) is 3.40. The average Bonchev–Trinajstić information content (AvgIpc) is 2.51. The maximum Gasteiger partial charge on any atom is 0.229 e. The van der Waals surface area contributed by atoms with Crippen LogP contribution in [-0.4, -0.2) is 23.1 Å². The molecule has 23 heavy (non-hydrogen) atoms. The van der Waals surface area contributed by atoms with E-state index in [0.717, 1.165) is 37.4 Å². The first-order chi connectivity index (χ1) is 11.0. The molecule has 0 fully saturated rings. The zero-order valence-corrected chi connectivity index (χ0v) is 15.0. The molecule has 0 bridgehead atoms. The quantitative estimate of drug-likeness (QED) is 0.799. The number of hydrogen-bond acceptors (Lipinski definition) is 4. The first-order valence-corrected chi connectivity index (χ1v) is 8.48. The fourth-order valence-corrected chi connectivity index (χ4v) is 2.96. The average molecular weight is 312 g/mol. The van der Waals surface area contributed by atoms with Crippen LogP contribution in [0.5, 0.6) is 0 Å². The molecule has 4 nitrogen and oxygen atoms in total. The van der Waals surface area contributed by atoms with E-state index in [2.05, 4.69) is 62.0 Å². The highest BCUT2D eigenvalue weighted by molar-refractivity contribution is 5.64. The summed E-state index contributed by atoms with van der Waals surface area (Å²) in [6.45, 7) is 12.8. The Bertz CT molecular complexity index is 623. The monoisotopic (exact) mass is 312 g/mol. The van der Waals surface area contributed by atoms with Gasteiger partial charge in [0.2, 0.25) is 5.95 Å². The minimum absolute atomic E-state index is 0.662. The topological polar surface area (TPSA) is 41.1 Å². The number of rotatable bonds is 7. The normalized spacial score (nSPS) is 10.7. The Labute approximate surface area is 140 Å².